The Morgan fingerprint density at radius 3 is 2.71 bits per heavy atom. The monoisotopic (exact) mass is 416 g/mol. The summed E-state index contributed by atoms with van der Waals surface area (Å²) in [5, 5.41) is 15.4. The fourth-order valence-electron chi connectivity index (χ4n) is 2.85. The highest BCUT2D eigenvalue weighted by atomic mass is 32.1. The summed E-state index contributed by atoms with van der Waals surface area (Å²) in [7, 11) is 0. The maximum absolute atomic E-state index is 12.4. The predicted octanol–water partition coefficient (Wildman–Crippen LogP) is 5.15. The number of aromatic nitrogens is 3. The molecule has 2 heterocycles. The zero-order chi connectivity index (χ0) is 19.9. The number of carbonyl (C=O) groups excluding carboxylic acids is 1. The topological polar surface area (TPSA) is 77.0 Å². The largest absolute Gasteiger partial charge is 0.493 e. The maximum Gasteiger partial charge on any atom is 0.232 e. The summed E-state index contributed by atoms with van der Waals surface area (Å²) in [5.74, 6) is 1.06. The van der Waals surface area contributed by atoms with E-state index in [1.54, 1.807) is 0 Å². The van der Waals surface area contributed by atoms with E-state index in [0.29, 0.717) is 17.7 Å². The number of hydrogen-bond acceptors (Lipinski definition) is 7. The van der Waals surface area contributed by atoms with Crippen LogP contribution in [0.4, 0.5) is 5.13 Å². The summed E-state index contributed by atoms with van der Waals surface area (Å²) in [6.07, 6.45) is 2.24. The van der Waals surface area contributed by atoms with E-state index in [-0.39, 0.29) is 12.3 Å². The molecule has 0 fully saturated rings. The van der Waals surface area contributed by atoms with Crippen molar-refractivity contribution in [3.8, 4) is 16.3 Å². The molecule has 0 saturated carbocycles. The number of hydrogen-bond donors (Lipinski definition) is 1. The van der Waals surface area contributed by atoms with E-state index < -0.39 is 0 Å². The molecule has 6 nitrogen and oxygen atoms in total. The van der Waals surface area contributed by atoms with Gasteiger partial charge in [-0.25, -0.2) is 4.98 Å². The number of nitrogens with one attached hydrogen (secondary N) is 1. The lowest BCUT2D eigenvalue weighted by atomic mass is 10.1. The zero-order valence-electron chi connectivity index (χ0n) is 16.3. The van der Waals surface area contributed by atoms with Gasteiger partial charge in [-0.05, 0) is 31.9 Å². The Morgan fingerprint density at radius 2 is 1.96 bits per heavy atom. The molecule has 1 aromatic carbocycles. The molecule has 3 rings (SSSR count). The molecule has 0 spiro atoms. The number of benzene rings is 1. The average Bonchev–Trinajstić information content (AvgIpc) is 3.33. The van der Waals surface area contributed by atoms with Gasteiger partial charge in [0.15, 0.2) is 0 Å². The summed E-state index contributed by atoms with van der Waals surface area (Å²) in [4.78, 5) is 17.0. The third-order valence-corrected chi connectivity index (χ3v) is 6.26. The van der Waals surface area contributed by atoms with Crippen molar-refractivity contribution in [2.45, 2.75) is 46.0 Å². The van der Waals surface area contributed by atoms with Crippen LogP contribution >= 0.6 is 22.7 Å². The second-order valence-corrected chi connectivity index (χ2v) is 8.12. The van der Waals surface area contributed by atoms with Crippen LogP contribution in [0.15, 0.2) is 29.6 Å². The summed E-state index contributed by atoms with van der Waals surface area (Å²) >= 11 is 2.96. The minimum atomic E-state index is -0.137. The molecule has 3 aromatic rings. The van der Waals surface area contributed by atoms with E-state index >= 15 is 0 Å². The van der Waals surface area contributed by atoms with Crippen LogP contribution in [0, 0.1) is 0 Å². The van der Waals surface area contributed by atoms with Crippen LogP contribution < -0.4 is 10.1 Å². The molecule has 0 radical (unpaired) electrons. The standard InChI is InChI=1S/C20H24N4O2S2/c1-4-13(5-2)18-23-24-20(28-18)22-17(25)11-14-12-27-19(21-14)15-9-7-8-10-16(15)26-6-3/h7-10,12-13H,4-6,11H2,1-3H3,(H,22,24,25). The van der Waals surface area contributed by atoms with Crippen molar-refractivity contribution in [1.29, 1.82) is 0 Å². The van der Waals surface area contributed by atoms with Crippen LogP contribution in [0.1, 0.15) is 50.2 Å². The highest BCUT2D eigenvalue weighted by Gasteiger charge is 2.16. The summed E-state index contributed by atoms with van der Waals surface area (Å²) in [6, 6.07) is 7.81. The average molecular weight is 417 g/mol. The van der Waals surface area contributed by atoms with Crippen LogP contribution in [0.5, 0.6) is 5.75 Å². The summed E-state index contributed by atoms with van der Waals surface area (Å²) in [5.41, 5.74) is 1.67. The first-order chi connectivity index (χ1) is 13.6. The first-order valence-corrected chi connectivity index (χ1v) is 11.1. The number of amides is 1. The van der Waals surface area contributed by atoms with Gasteiger partial charge in [-0.2, -0.15) is 0 Å². The number of para-hydroxylation sites is 1. The van der Waals surface area contributed by atoms with E-state index in [1.165, 1.54) is 22.7 Å². The first kappa shape index (κ1) is 20.4. The second-order valence-electron chi connectivity index (χ2n) is 6.26. The van der Waals surface area contributed by atoms with Gasteiger partial charge in [-0.15, -0.1) is 21.5 Å². The molecular formula is C20H24N4O2S2. The van der Waals surface area contributed by atoms with Crippen LogP contribution in [0.2, 0.25) is 0 Å². The van der Waals surface area contributed by atoms with Gasteiger partial charge < -0.3 is 10.1 Å². The van der Waals surface area contributed by atoms with E-state index in [0.717, 1.165) is 39.9 Å². The number of carbonyl (C=O) groups is 1. The number of rotatable bonds is 9. The Labute approximate surface area is 173 Å². The van der Waals surface area contributed by atoms with Crippen LogP contribution in [-0.2, 0) is 11.2 Å². The van der Waals surface area contributed by atoms with Crippen molar-refractivity contribution in [1.82, 2.24) is 15.2 Å². The van der Waals surface area contributed by atoms with Crippen molar-refractivity contribution >= 4 is 33.7 Å². The third-order valence-electron chi connectivity index (χ3n) is 4.33. The van der Waals surface area contributed by atoms with Crippen LogP contribution in [-0.4, -0.2) is 27.7 Å². The van der Waals surface area contributed by atoms with Crippen molar-refractivity contribution in [3.05, 3.63) is 40.3 Å². The highest BCUT2D eigenvalue weighted by molar-refractivity contribution is 7.15. The minimum absolute atomic E-state index is 0.137. The molecule has 0 aliphatic heterocycles. The normalized spacial score (nSPS) is 11.0. The molecule has 0 saturated heterocycles. The SMILES string of the molecule is CCOc1ccccc1-c1nc(CC(=O)Nc2nnc(C(CC)CC)s2)cs1. The number of anilines is 1. The van der Waals surface area contributed by atoms with E-state index in [4.69, 9.17) is 4.74 Å². The Kier molecular flexibility index (Phi) is 7.11. The van der Waals surface area contributed by atoms with Gasteiger partial charge in [-0.1, -0.05) is 37.3 Å². The van der Waals surface area contributed by atoms with Crippen molar-refractivity contribution in [2.24, 2.45) is 0 Å². The van der Waals surface area contributed by atoms with Gasteiger partial charge in [0.1, 0.15) is 15.8 Å². The molecule has 0 bridgehead atoms. The van der Waals surface area contributed by atoms with E-state index in [2.05, 4.69) is 34.3 Å². The van der Waals surface area contributed by atoms with Gasteiger partial charge in [-0.3, -0.25) is 4.79 Å². The summed E-state index contributed by atoms with van der Waals surface area (Å²) < 4.78 is 5.67. The molecule has 148 valence electrons. The lowest BCUT2D eigenvalue weighted by Crippen LogP contribution is -2.14. The molecule has 8 heteroatoms. The van der Waals surface area contributed by atoms with E-state index in [9.17, 15) is 4.79 Å². The van der Waals surface area contributed by atoms with Crippen molar-refractivity contribution in [2.75, 3.05) is 11.9 Å². The Hall–Kier alpha value is -2.32. The van der Waals surface area contributed by atoms with Crippen molar-refractivity contribution < 1.29 is 9.53 Å². The second kappa shape index (κ2) is 9.75. The highest BCUT2D eigenvalue weighted by Crippen LogP contribution is 2.32. The van der Waals surface area contributed by atoms with Gasteiger partial charge in [0.05, 0.1) is 24.3 Å². The quantitative estimate of drug-likeness (QED) is 0.522. The van der Waals surface area contributed by atoms with Crippen LogP contribution in [0.25, 0.3) is 10.6 Å². The third kappa shape index (κ3) is 4.94. The summed E-state index contributed by atoms with van der Waals surface area (Å²) in [6.45, 7) is 6.82. The lowest BCUT2D eigenvalue weighted by molar-refractivity contribution is -0.115. The fourth-order valence-corrected chi connectivity index (χ4v) is 4.73. The molecule has 28 heavy (non-hydrogen) atoms. The molecule has 0 aliphatic carbocycles. The number of ether oxygens (including phenoxy) is 1. The predicted molar refractivity (Wildman–Crippen MR) is 114 cm³/mol. The molecule has 1 N–H and O–H groups in total. The van der Waals surface area contributed by atoms with E-state index in [1.807, 2.05) is 36.6 Å². The molecular weight excluding hydrogens is 392 g/mol. The molecule has 1 amide bonds. The molecule has 2 aromatic heterocycles. The minimum Gasteiger partial charge on any atom is -0.493 e. The fraction of sp³-hybridized carbons (Fsp3) is 0.400. The van der Waals surface area contributed by atoms with Gasteiger partial charge in [0.25, 0.3) is 0 Å². The van der Waals surface area contributed by atoms with Gasteiger partial charge in [0.2, 0.25) is 11.0 Å². The molecule has 0 unspecified atom stereocenters. The molecule has 0 aliphatic rings. The Balaban J connectivity index is 1.65. The zero-order valence-corrected chi connectivity index (χ0v) is 17.9. The van der Waals surface area contributed by atoms with Crippen molar-refractivity contribution in [3.63, 3.8) is 0 Å². The number of thiazole rings is 1. The Bertz CT molecular complexity index is 918. The van der Waals surface area contributed by atoms with Gasteiger partial charge in [0, 0.05) is 11.3 Å². The smallest absolute Gasteiger partial charge is 0.232 e. The number of nitrogens with zero attached hydrogens (tertiary/aromatic N) is 3. The van der Waals surface area contributed by atoms with Crippen LogP contribution in [0.3, 0.4) is 0 Å². The molecule has 0 atom stereocenters. The lowest BCUT2D eigenvalue weighted by Gasteiger charge is -2.07. The first-order valence-electron chi connectivity index (χ1n) is 9.44. The Morgan fingerprint density at radius 1 is 1.18 bits per heavy atom. The van der Waals surface area contributed by atoms with Gasteiger partial charge >= 0.3 is 0 Å². The maximum atomic E-state index is 12.4.